The molecule has 0 N–H and O–H groups in total. The SMILES string of the molecule is CC(C)(C)OC(=O)N1CCC(Cn2cc(Oc3ccc(C#N)cc3)cn2)C1. The summed E-state index contributed by atoms with van der Waals surface area (Å²) < 4.78 is 13.0. The molecule has 0 aliphatic carbocycles. The molecule has 1 saturated heterocycles. The van der Waals surface area contributed by atoms with Gasteiger partial charge in [0, 0.05) is 19.6 Å². The lowest BCUT2D eigenvalue weighted by molar-refractivity contribution is 0.0286. The summed E-state index contributed by atoms with van der Waals surface area (Å²) in [5.74, 6) is 1.63. The van der Waals surface area contributed by atoms with Crippen molar-refractivity contribution in [3.63, 3.8) is 0 Å². The van der Waals surface area contributed by atoms with Crippen LogP contribution in [0.3, 0.4) is 0 Å². The van der Waals surface area contributed by atoms with Gasteiger partial charge in [0.25, 0.3) is 0 Å². The molecular formula is C20H24N4O3. The lowest BCUT2D eigenvalue weighted by Gasteiger charge is -2.24. The number of rotatable bonds is 4. The highest BCUT2D eigenvalue weighted by Gasteiger charge is 2.30. The van der Waals surface area contributed by atoms with E-state index in [1.54, 1.807) is 35.4 Å². The molecule has 0 bridgehead atoms. The van der Waals surface area contributed by atoms with E-state index in [0.717, 1.165) is 13.0 Å². The molecule has 3 rings (SSSR count). The molecule has 7 nitrogen and oxygen atoms in total. The molecule has 1 aromatic heterocycles. The van der Waals surface area contributed by atoms with Gasteiger partial charge in [-0.05, 0) is 57.4 Å². The van der Waals surface area contributed by atoms with E-state index < -0.39 is 5.60 Å². The number of aromatic nitrogens is 2. The highest BCUT2D eigenvalue weighted by atomic mass is 16.6. The molecule has 0 saturated carbocycles. The molecule has 7 heteroatoms. The number of amides is 1. The third-order valence-corrected chi connectivity index (χ3v) is 4.21. The van der Waals surface area contributed by atoms with Gasteiger partial charge in [0.15, 0.2) is 5.75 Å². The Morgan fingerprint density at radius 1 is 1.30 bits per heavy atom. The minimum atomic E-state index is -0.477. The number of nitrogens with zero attached hydrogens (tertiary/aromatic N) is 4. The number of ether oxygens (including phenoxy) is 2. The zero-order chi connectivity index (χ0) is 19.4. The van der Waals surface area contributed by atoms with Gasteiger partial charge in [0.1, 0.15) is 11.4 Å². The smallest absolute Gasteiger partial charge is 0.410 e. The van der Waals surface area contributed by atoms with E-state index in [4.69, 9.17) is 14.7 Å². The van der Waals surface area contributed by atoms with Crippen molar-refractivity contribution in [1.29, 1.82) is 5.26 Å². The van der Waals surface area contributed by atoms with Gasteiger partial charge in [-0.1, -0.05) is 0 Å². The first-order chi connectivity index (χ1) is 12.8. The topological polar surface area (TPSA) is 80.4 Å². The number of nitriles is 1. The normalized spacial score (nSPS) is 16.8. The minimum absolute atomic E-state index is 0.254. The fourth-order valence-corrected chi connectivity index (χ4v) is 2.97. The maximum atomic E-state index is 12.2. The van der Waals surface area contributed by atoms with Crippen molar-refractivity contribution in [2.45, 2.75) is 39.3 Å². The van der Waals surface area contributed by atoms with Gasteiger partial charge < -0.3 is 14.4 Å². The van der Waals surface area contributed by atoms with Crippen LogP contribution in [0.4, 0.5) is 4.79 Å². The van der Waals surface area contributed by atoms with Crippen molar-refractivity contribution in [3.8, 4) is 17.6 Å². The van der Waals surface area contributed by atoms with E-state index in [9.17, 15) is 4.79 Å². The molecule has 0 spiro atoms. The van der Waals surface area contributed by atoms with E-state index >= 15 is 0 Å². The van der Waals surface area contributed by atoms with E-state index in [1.807, 2.05) is 31.6 Å². The fraction of sp³-hybridized carbons (Fsp3) is 0.450. The predicted molar refractivity (Wildman–Crippen MR) is 99.4 cm³/mol. The first kappa shape index (κ1) is 18.8. The lowest BCUT2D eigenvalue weighted by atomic mass is 10.1. The summed E-state index contributed by atoms with van der Waals surface area (Å²) in [7, 11) is 0. The number of carbonyl (C=O) groups is 1. The Hall–Kier alpha value is -3.01. The lowest BCUT2D eigenvalue weighted by Crippen LogP contribution is -2.35. The van der Waals surface area contributed by atoms with Gasteiger partial charge in [-0.2, -0.15) is 10.4 Å². The average molecular weight is 368 g/mol. The van der Waals surface area contributed by atoms with Crippen molar-refractivity contribution in [2.75, 3.05) is 13.1 Å². The van der Waals surface area contributed by atoms with Gasteiger partial charge in [-0.3, -0.25) is 4.68 Å². The number of carbonyl (C=O) groups excluding carboxylic acids is 1. The summed E-state index contributed by atoms with van der Waals surface area (Å²) in [6, 6.07) is 9.01. The first-order valence-corrected chi connectivity index (χ1v) is 9.01. The summed E-state index contributed by atoms with van der Waals surface area (Å²) in [6.45, 7) is 7.71. The monoisotopic (exact) mass is 368 g/mol. The number of benzene rings is 1. The standard InChI is InChI=1S/C20H24N4O3/c1-20(2,3)27-19(25)23-9-8-16(12-23)13-24-14-18(11-22-24)26-17-6-4-15(10-21)5-7-17/h4-7,11,14,16H,8-9,12-13H2,1-3H3. The molecular weight excluding hydrogens is 344 g/mol. The van der Waals surface area contributed by atoms with Crippen molar-refractivity contribution in [3.05, 3.63) is 42.2 Å². The number of hydrogen-bond acceptors (Lipinski definition) is 5. The van der Waals surface area contributed by atoms with Gasteiger partial charge >= 0.3 is 6.09 Å². The van der Waals surface area contributed by atoms with E-state index in [2.05, 4.69) is 11.2 Å². The molecule has 1 aliphatic rings. The van der Waals surface area contributed by atoms with Crippen LogP contribution in [-0.4, -0.2) is 39.5 Å². The molecule has 1 aliphatic heterocycles. The Kier molecular flexibility index (Phi) is 5.36. The summed E-state index contributed by atoms with van der Waals surface area (Å²) in [6.07, 6.45) is 4.17. The first-order valence-electron chi connectivity index (χ1n) is 9.01. The van der Waals surface area contributed by atoms with Crippen LogP contribution in [0, 0.1) is 17.2 Å². The molecule has 27 heavy (non-hydrogen) atoms. The second-order valence-electron chi connectivity index (χ2n) is 7.72. The van der Waals surface area contributed by atoms with Gasteiger partial charge in [0.05, 0.1) is 24.0 Å². The minimum Gasteiger partial charge on any atom is -0.454 e. The second kappa shape index (κ2) is 7.70. The summed E-state index contributed by atoms with van der Waals surface area (Å²) in [5, 5.41) is 13.2. The molecule has 1 aromatic carbocycles. The largest absolute Gasteiger partial charge is 0.454 e. The molecule has 2 aromatic rings. The summed E-state index contributed by atoms with van der Waals surface area (Å²) in [4.78, 5) is 13.9. The van der Waals surface area contributed by atoms with Crippen LogP contribution in [0.25, 0.3) is 0 Å². The van der Waals surface area contributed by atoms with Crippen LogP contribution < -0.4 is 4.74 Å². The number of hydrogen-bond donors (Lipinski definition) is 0. The maximum absolute atomic E-state index is 12.2. The Morgan fingerprint density at radius 3 is 2.70 bits per heavy atom. The summed E-state index contributed by atoms with van der Waals surface area (Å²) in [5.41, 5.74) is 0.114. The maximum Gasteiger partial charge on any atom is 0.410 e. The van der Waals surface area contributed by atoms with Gasteiger partial charge in [0.2, 0.25) is 0 Å². The van der Waals surface area contributed by atoms with Crippen molar-refractivity contribution in [2.24, 2.45) is 5.92 Å². The van der Waals surface area contributed by atoms with Crippen molar-refractivity contribution >= 4 is 6.09 Å². The Morgan fingerprint density at radius 2 is 2.04 bits per heavy atom. The van der Waals surface area contributed by atoms with Crippen LogP contribution in [0.15, 0.2) is 36.7 Å². The van der Waals surface area contributed by atoms with Gasteiger partial charge in [-0.15, -0.1) is 0 Å². The molecule has 1 fully saturated rings. The molecule has 0 radical (unpaired) electrons. The Labute approximate surface area is 159 Å². The van der Waals surface area contributed by atoms with Crippen LogP contribution in [0.1, 0.15) is 32.8 Å². The molecule has 2 heterocycles. The number of likely N-dealkylation sites (tertiary alicyclic amines) is 1. The van der Waals surface area contributed by atoms with E-state index in [0.29, 0.717) is 36.1 Å². The van der Waals surface area contributed by atoms with E-state index in [1.165, 1.54) is 0 Å². The zero-order valence-electron chi connectivity index (χ0n) is 15.9. The van der Waals surface area contributed by atoms with Crippen LogP contribution in [0.2, 0.25) is 0 Å². The molecule has 1 atom stereocenters. The van der Waals surface area contributed by atoms with Crippen LogP contribution in [0.5, 0.6) is 11.5 Å². The van der Waals surface area contributed by atoms with Crippen LogP contribution >= 0.6 is 0 Å². The fourth-order valence-electron chi connectivity index (χ4n) is 2.97. The quantitative estimate of drug-likeness (QED) is 0.820. The van der Waals surface area contributed by atoms with Crippen molar-refractivity contribution < 1.29 is 14.3 Å². The predicted octanol–water partition coefficient (Wildman–Crippen LogP) is 3.80. The van der Waals surface area contributed by atoms with E-state index in [-0.39, 0.29) is 6.09 Å². The highest BCUT2D eigenvalue weighted by molar-refractivity contribution is 5.68. The zero-order valence-corrected chi connectivity index (χ0v) is 15.9. The second-order valence-corrected chi connectivity index (χ2v) is 7.72. The third kappa shape index (κ3) is 5.23. The average Bonchev–Trinajstić information content (AvgIpc) is 3.24. The molecule has 1 amide bonds. The van der Waals surface area contributed by atoms with Crippen molar-refractivity contribution in [1.82, 2.24) is 14.7 Å². The highest BCUT2D eigenvalue weighted by Crippen LogP contribution is 2.24. The molecule has 1 unspecified atom stereocenters. The Balaban J connectivity index is 1.52. The summed E-state index contributed by atoms with van der Waals surface area (Å²) >= 11 is 0. The Bertz CT molecular complexity index is 830. The van der Waals surface area contributed by atoms with Gasteiger partial charge in [-0.25, -0.2) is 4.79 Å². The van der Waals surface area contributed by atoms with Crippen LogP contribution in [-0.2, 0) is 11.3 Å². The third-order valence-electron chi connectivity index (χ3n) is 4.21. The molecule has 142 valence electrons.